The average molecular weight is 222 g/mol. The van der Waals surface area contributed by atoms with Gasteiger partial charge in [0.05, 0.1) is 13.2 Å². The molecule has 1 aliphatic rings. The number of benzene rings is 1. The first kappa shape index (κ1) is 10.8. The van der Waals surface area contributed by atoms with Crippen LogP contribution in [0.3, 0.4) is 0 Å². The van der Waals surface area contributed by atoms with Gasteiger partial charge in [0.1, 0.15) is 11.5 Å². The second-order valence-electron chi connectivity index (χ2n) is 3.71. The van der Waals surface area contributed by atoms with Crippen LogP contribution in [-0.2, 0) is 11.2 Å². The van der Waals surface area contributed by atoms with Crippen molar-refractivity contribution in [2.75, 3.05) is 13.2 Å². The molecule has 1 aliphatic heterocycles. The molecule has 0 aliphatic carbocycles. The maximum Gasteiger partial charge on any atom is 0.303 e. The van der Waals surface area contributed by atoms with Crippen molar-refractivity contribution in [3.8, 4) is 11.5 Å². The zero-order chi connectivity index (χ0) is 11.4. The molecule has 2 rings (SSSR count). The molecule has 0 fully saturated rings. The lowest BCUT2D eigenvalue weighted by Crippen LogP contribution is -2.02. The van der Waals surface area contributed by atoms with E-state index in [-0.39, 0.29) is 6.42 Å². The standard InChI is InChI=1S/C12H14O4/c13-12(14)2-1-6-15-10-4-3-9-5-7-16-11(9)8-10/h3-4,8H,1-2,5-7H2,(H,13,14). The van der Waals surface area contributed by atoms with Crippen LogP contribution in [0.25, 0.3) is 0 Å². The monoisotopic (exact) mass is 222 g/mol. The Bertz CT molecular complexity index is 387. The van der Waals surface area contributed by atoms with Gasteiger partial charge >= 0.3 is 5.97 Å². The lowest BCUT2D eigenvalue weighted by atomic mass is 10.2. The molecule has 1 N–H and O–H groups in total. The molecule has 0 amide bonds. The quantitative estimate of drug-likeness (QED) is 0.772. The Hall–Kier alpha value is -1.71. The Morgan fingerprint density at radius 1 is 1.50 bits per heavy atom. The van der Waals surface area contributed by atoms with Crippen molar-refractivity contribution in [2.45, 2.75) is 19.3 Å². The van der Waals surface area contributed by atoms with Crippen LogP contribution >= 0.6 is 0 Å². The molecule has 0 atom stereocenters. The van der Waals surface area contributed by atoms with E-state index in [1.165, 1.54) is 5.56 Å². The number of carboxylic acid groups (broad SMARTS) is 1. The lowest BCUT2D eigenvalue weighted by molar-refractivity contribution is -0.137. The van der Waals surface area contributed by atoms with Crippen LogP contribution in [0, 0.1) is 0 Å². The van der Waals surface area contributed by atoms with Gasteiger partial charge in [0, 0.05) is 18.9 Å². The van der Waals surface area contributed by atoms with E-state index in [0.29, 0.717) is 13.0 Å². The summed E-state index contributed by atoms with van der Waals surface area (Å²) >= 11 is 0. The predicted molar refractivity (Wildman–Crippen MR) is 58.0 cm³/mol. The Morgan fingerprint density at radius 3 is 3.19 bits per heavy atom. The summed E-state index contributed by atoms with van der Waals surface area (Å²) in [6, 6.07) is 5.76. The van der Waals surface area contributed by atoms with Gasteiger partial charge in [0.25, 0.3) is 0 Å². The molecule has 4 nitrogen and oxygen atoms in total. The molecule has 16 heavy (non-hydrogen) atoms. The zero-order valence-electron chi connectivity index (χ0n) is 8.94. The molecule has 1 aromatic rings. The van der Waals surface area contributed by atoms with Crippen molar-refractivity contribution in [1.29, 1.82) is 0 Å². The fourth-order valence-corrected chi connectivity index (χ4v) is 1.65. The van der Waals surface area contributed by atoms with E-state index in [1.54, 1.807) is 0 Å². The fraction of sp³-hybridized carbons (Fsp3) is 0.417. The fourth-order valence-electron chi connectivity index (χ4n) is 1.65. The summed E-state index contributed by atoms with van der Waals surface area (Å²) in [4.78, 5) is 10.3. The Balaban J connectivity index is 1.83. The van der Waals surface area contributed by atoms with Crippen LogP contribution in [0.2, 0.25) is 0 Å². The van der Waals surface area contributed by atoms with Gasteiger partial charge in [-0.05, 0) is 18.1 Å². The summed E-state index contributed by atoms with van der Waals surface area (Å²) < 4.78 is 10.8. The Morgan fingerprint density at radius 2 is 2.38 bits per heavy atom. The van der Waals surface area contributed by atoms with Gasteiger partial charge in [-0.1, -0.05) is 6.07 Å². The molecular formula is C12H14O4. The number of aliphatic carboxylic acids is 1. The Kier molecular flexibility index (Phi) is 3.29. The molecule has 0 saturated heterocycles. The zero-order valence-corrected chi connectivity index (χ0v) is 8.94. The van der Waals surface area contributed by atoms with E-state index >= 15 is 0 Å². The van der Waals surface area contributed by atoms with Gasteiger partial charge in [-0.25, -0.2) is 0 Å². The van der Waals surface area contributed by atoms with Crippen LogP contribution in [0.4, 0.5) is 0 Å². The smallest absolute Gasteiger partial charge is 0.303 e. The third-order valence-corrected chi connectivity index (χ3v) is 2.47. The molecule has 0 aromatic heterocycles. The highest BCUT2D eigenvalue weighted by Crippen LogP contribution is 2.29. The van der Waals surface area contributed by atoms with Crippen LogP contribution in [0.5, 0.6) is 11.5 Å². The maximum absolute atomic E-state index is 10.3. The van der Waals surface area contributed by atoms with Crippen LogP contribution in [0.15, 0.2) is 18.2 Å². The number of hydrogen-bond donors (Lipinski definition) is 1. The number of rotatable bonds is 5. The topological polar surface area (TPSA) is 55.8 Å². The normalized spacial score (nSPS) is 13.0. The summed E-state index contributed by atoms with van der Waals surface area (Å²) in [5.41, 5.74) is 1.21. The van der Waals surface area contributed by atoms with E-state index in [2.05, 4.69) is 0 Å². The van der Waals surface area contributed by atoms with Gasteiger partial charge in [0.15, 0.2) is 0 Å². The summed E-state index contributed by atoms with van der Waals surface area (Å²) in [5, 5.41) is 8.46. The van der Waals surface area contributed by atoms with Crippen molar-refractivity contribution in [3.63, 3.8) is 0 Å². The minimum absolute atomic E-state index is 0.140. The van der Waals surface area contributed by atoms with Crippen molar-refractivity contribution in [3.05, 3.63) is 23.8 Å². The summed E-state index contributed by atoms with van der Waals surface area (Å²) in [6.07, 6.45) is 1.61. The molecule has 0 saturated carbocycles. The maximum atomic E-state index is 10.3. The van der Waals surface area contributed by atoms with Crippen LogP contribution in [-0.4, -0.2) is 24.3 Å². The lowest BCUT2D eigenvalue weighted by Gasteiger charge is -2.06. The first-order chi connectivity index (χ1) is 7.75. The molecular weight excluding hydrogens is 208 g/mol. The number of hydrogen-bond acceptors (Lipinski definition) is 3. The van der Waals surface area contributed by atoms with Crippen molar-refractivity contribution >= 4 is 5.97 Å². The Labute approximate surface area is 93.8 Å². The first-order valence-corrected chi connectivity index (χ1v) is 5.36. The number of carboxylic acids is 1. The minimum Gasteiger partial charge on any atom is -0.493 e. The highest BCUT2D eigenvalue weighted by Gasteiger charge is 2.12. The molecule has 86 valence electrons. The van der Waals surface area contributed by atoms with E-state index in [4.69, 9.17) is 14.6 Å². The van der Waals surface area contributed by atoms with Crippen LogP contribution < -0.4 is 9.47 Å². The number of carbonyl (C=O) groups is 1. The molecule has 4 heteroatoms. The third-order valence-electron chi connectivity index (χ3n) is 2.47. The number of ether oxygens (including phenoxy) is 2. The van der Waals surface area contributed by atoms with Crippen LogP contribution in [0.1, 0.15) is 18.4 Å². The highest BCUT2D eigenvalue weighted by atomic mass is 16.5. The molecule has 0 unspecified atom stereocenters. The van der Waals surface area contributed by atoms with E-state index in [1.807, 2.05) is 18.2 Å². The van der Waals surface area contributed by atoms with Crippen molar-refractivity contribution < 1.29 is 19.4 Å². The van der Waals surface area contributed by atoms with Gasteiger partial charge < -0.3 is 14.6 Å². The summed E-state index contributed by atoms with van der Waals surface area (Å²) in [6.45, 7) is 1.16. The second kappa shape index (κ2) is 4.88. The molecule has 1 aromatic carbocycles. The third kappa shape index (κ3) is 2.66. The van der Waals surface area contributed by atoms with Gasteiger partial charge in [-0.15, -0.1) is 0 Å². The minimum atomic E-state index is -0.791. The van der Waals surface area contributed by atoms with Gasteiger partial charge in [-0.2, -0.15) is 0 Å². The SMILES string of the molecule is O=C(O)CCCOc1ccc2c(c1)OCC2. The largest absolute Gasteiger partial charge is 0.493 e. The van der Waals surface area contributed by atoms with Crippen molar-refractivity contribution in [2.24, 2.45) is 0 Å². The molecule has 0 bridgehead atoms. The number of fused-ring (bicyclic) bond motifs is 1. The first-order valence-electron chi connectivity index (χ1n) is 5.36. The summed E-state index contributed by atoms with van der Waals surface area (Å²) in [7, 11) is 0. The van der Waals surface area contributed by atoms with Gasteiger partial charge in [0.2, 0.25) is 0 Å². The van der Waals surface area contributed by atoms with E-state index in [9.17, 15) is 4.79 Å². The summed E-state index contributed by atoms with van der Waals surface area (Å²) in [5.74, 6) is 0.836. The van der Waals surface area contributed by atoms with E-state index in [0.717, 1.165) is 24.5 Å². The predicted octanol–water partition coefficient (Wildman–Crippen LogP) is 1.87. The highest BCUT2D eigenvalue weighted by molar-refractivity contribution is 5.66. The average Bonchev–Trinajstić information content (AvgIpc) is 2.71. The molecule has 0 spiro atoms. The van der Waals surface area contributed by atoms with E-state index < -0.39 is 5.97 Å². The second-order valence-corrected chi connectivity index (χ2v) is 3.71. The molecule has 1 heterocycles. The molecule has 0 radical (unpaired) electrons. The van der Waals surface area contributed by atoms with Gasteiger partial charge in [-0.3, -0.25) is 4.79 Å². The van der Waals surface area contributed by atoms with Crippen molar-refractivity contribution in [1.82, 2.24) is 0 Å².